The van der Waals surface area contributed by atoms with Crippen LogP contribution < -0.4 is 0 Å². The van der Waals surface area contributed by atoms with Gasteiger partial charge in [-0.25, -0.2) is 0 Å². The van der Waals surface area contributed by atoms with E-state index in [0.29, 0.717) is 0 Å². The first kappa shape index (κ1) is 15.7. The molecule has 0 atom stereocenters. The number of rotatable bonds is 0. The molecule has 6 heavy (non-hydrogen) atoms. The second-order valence-electron chi connectivity index (χ2n) is 0.0833. The average Bonchev–Trinajstić information content (AvgIpc) is 1.46. The Morgan fingerprint density at radius 2 is 1.17 bits per heavy atom. The third-order valence-electron chi connectivity index (χ3n) is 0. The van der Waals surface area contributed by atoms with Crippen LogP contribution in [0.4, 0.5) is 0 Å². The summed E-state index contributed by atoms with van der Waals surface area (Å²) in [7, 11) is 0. The quantitative estimate of drug-likeness (QED) is 0.419. The summed E-state index contributed by atoms with van der Waals surface area (Å²) >= 11 is -1.25. The van der Waals surface area contributed by atoms with Gasteiger partial charge < -0.3 is 0 Å². The molecule has 0 aromatic rings. The van der Waals surface area contributed by atoms with Crippen LogP contribution >= 0.6 is 0 Å². The van der Waals surface area contributed by atoms with Crippen LogP contribution in [0.1, 0.15) is 0 Å². The van der Waals surface area contributed by atoms with Crippen LogP contribution in [-0.4, -0.2) is 11.0 Å². The van der Waals surface area contributed by atoms with Gasteiger partial charge in [-0.2, -0.15) is 0 Å². The third kappa shape index (κ3) is 75.5. The Labute approximate surface area is 60.2 Å². The fourth-order valence-electron chi connectivity index (χ4n) is 0. The van der Waals surface area contributed by atoms with Gasteiger partial charge in [0.15, 0.2) is 0 Å². The molecular formula is H3O3SiTi2. The van der Waals surface area contributed by atoms with Gasteiger partial charge in [-0.05, 0) is 11.0 Å². The zero-order valence-corrected chi connectivity index (χ0v) is 8.35. The minimum Gasteiger partial charge on any atom is -0.0125 e. The summed E-state index contributed by atoms with van der Waals surface area (Å²) in [5, 5.41) is 0. The minimum atomic E-state index is -2.00. The summed E-state index contributed by atoms with van der Waals surface area (Å²) in [6.07, 6.45) is 0. The maximum absolute atomic E-state index is 8.50. The summed E-state index contributed by atoms with van der Waals surface area (Å²) in [6, 6.07) is 0. The molecule has 0 spiro atoms. The van der Waals surface area contributed by atoms with Gasteiger partial charge in [-0.3, -0.25) is 0 Å². The first-order valence-corrected chi connectivity index (χ1v) is 2.52. The predicted molar refractivity (Wildman–Crippen MR) is 12.0 cm³/mol. The zero-order valence-electron chi connectivity index (χ0n) is 3.22. The maximum Gasteiger partial charge on any atom is -0.0125 e. The Morgan fingerprint density at radius 1 is 1.17 bits per heavy atom. The van der Waals surface area contributed by atoms with Crippen molar-refractivity contribution in [1.82, 2.24) is 0 Å². The molecule has 0 N–H and O–H groups in total. The molecule has 6 heteroatoms. The summed E-state index contributed by atoms with van der Waals surface area (Å²) in [5.74, 6) is 0. The van der Waals surface area contributed by atoms with Crippen molar-refractivity contribution in [3.8, 4) is 0 Å². The maximum atomic E-state index is 8.50. The van der Waals surface area contributed by atoms with Crippen LogP contribution in [-0.2, 0) is 49.5 Å². The van der Waals surface area contributed by atoms with Crippen molar-refractivity contribution in [2.75, 3.05) is 0 Å². The smallest absolute Gasteiger partial charge is 0.0125 e. The molecule has 0 aliphatic heterocycles. The fraction of sp³-hybridized carbons (Fsp3) is 0. The second-order valence-corrected chi connectivity index (χ2v) is 0.344. The summed E-state index contributed by atoms with van der Waals surface area (Å²) < 4.78 is 25.2. The molecule has 0 fully saturated rings. The van der Waals surface area contributed by atoms with Gasteiger partial charge in [0.25, 0.3) is 0 Å². The van der Waals surface area contributed by atoms with Gasteiger partial charge in [-0.15, -0.1) is 0 Å². The summed E-state index contributed by atoms with van der Waals surface area (Å²) in [6.45, 7) is 0. The Balaban J connectivity index is -0.0000000275. The molecule has 1 radical (unpaired) electrons. The normalized spacial score (nSPS) is 1.83. The van der Waals surface area contributed by atoms with Crippen LogP contribution in [0.5, 0.6) is 0 Å². The van der Waals surface area contributed by atoms with E-state index < -0.39 is 19.1 Å². The van der Waals surface area contributed by atoms with E-state index >= 15 is 0 Å². The van der Waals surface area contributed by atoms with Crippen LogP contribution in [0, 0.1) is 0 Å². The second kappa shape index (κ2) is 36.8. The number of hydrogen-bond donors (Lipinski definition) is 0. The van der Waals surface area contributed by atoms with Gasteiger partial charge in [0.05, 0.1) is 0 Å². The Bertz CT molecular complexity index is 38.1. The van der Waals surface area contributed by atoms with E-state index in [1.807, 2.05) is 0 Å². The molecule has 0 aromatic heterocycles. The Kier molecular flexibility index (Phi) is 96.5. The van der Waals surface area contributed by atoms with E-state index in [-0.39, 0.29) is 11.0 Å². The standard InChI is InChI=1S/3O.H3Si.2Ti/h;;;1H3;;. The topological polar surface area (TPSA) is 51.2 Å². The van der Waals surface area contributed by atoms with Gasteiger partial charge in [0.1, 0.15) is 0 Å². The molecule has 0 aliphatic carbocycles. The fourth-order valence-corrected chi connectivity index (χ4v) is 0. The number of hydrogen-bond acceptors (Lipinski definition) is 3. The first-order chi connectivity index (χ1) is 2.41. The third-order valence-corrected chi connectivity index (χ3v) is 0. The SMILES string of the molecule is [O]=[Ti].[O]=[Ti]=[O].[SiH3]. The zero-order chi connectivity index (χ0) is 4.71. The van der Waals surface area contributed by atoms with E-state index in [4.69, 9.17) is 9.97 Å². The molecule has 0 heterocycles. The predicted octanol–water partition coefficient (Wildman–Crippen LogP) is -1.55. The monoisotopic (exact) mass is 175 g/mol. The molecule has 0 amide bonds. The first-order valence-electron chi connectivity index (χ1n) is 0.612. The average molecular weight is 175 g/mol. The molecule has 0 bridgehead atoms. The van der Waals surface area contributed by atoms with Gasteiger partial charge in [-0.1, -0.05) is 0 Å². The van der Waals surface area contributed by atoms with Crippen LogP contribution in [0.15, 0.2) is 0 Å². The Morgan fingerprint density at radius 3 is 1.17 bits per heavy atom. The molecule has 33 valence electrons. The van der Waals surface area contributed by atoms with Crippen molar-refractivity contribution < 1.29 is 49.5 Å². The van der Waals surface area contributed by atoms with Crippen molar-refractivity contribution in [2.45, 2.75) is 0 Å². The van der Waals surface area contributed by atoms with Crippen molar-refractivity contribution >= 4 is 11.0 Å². The molecule has 0 saturated heterocycles. The minimum absolute atomic E-state index is 0. The van der Waals surface area contributed by atoms with E-state index in [9.17, 15) is 0 Å². The van der Waals surface area contributed by atoms with E-state index in [1.54, 1.807) is 0 Å². The van der Waals surface area contributed by atoms with Crippen molar-refractivity contribution in [2.24, 2.45) is 0 Å². The van der Waals surface area contributed by atoms with Gasteiger partial charge in [0, 0.05) is 0 Å². The molecule has 0 saturated carbocycles. The van der Waals surface area contributed by atoms with Gasteiger partial charge in [0.2, 0.25) is 0 Å². The van der Waals surface area contributed by atoms with E-state index in [1.165, 1.54) is 0 Å². The van der Waals surface area contributed by atoms with Crippen LogP contribution in [0.2, 0.25) is 0 Å². The molecule has 0 aromatic carbocycles. The van der Waals surface area contributed by atoms with Gasteiger partial charge >= 0.3 is 49.5 Å². The van der Waals surface area contributed by atoms with Crippen LogP contribution in [0.3, 0.4) is 0 Å². The molecular weight excluding hydrogens is 172 g/mol. The van der Waals surface area contributed by atoms with E-state index in [2.05, 4.69) is 0 Å². The molecule has 0 unspecified atom stereocenters. The summed E-state index contributed by atoms with van der Waals surface area (Å²) in [4.78, 5) is 0. The van der Waals surface area contributed by atoms with Crippen molar-refractivity contribution in [3.63, 3.8) is 0 Å². The van der Waals surface area contributed by atoms with E-state index in [0.717, 1.165) is 20.4 Å². The van der Waals surface area contributed by atoms with Crippen molar-refractivity contribution in [3.05, 3.63) is 0 Å². The largest absolute Gasteiger partial charge is 0.0125 e. The molecule has 3 nitrogen and oxygen atoms in total. The molecule has 0 rings (SSSR count). The van der Waals surface area contributed by atoms with Crippen molar-refractivity contribution in [1.29, 1.82) is 0 Å². The summed E-state index contributed by atoms with van der Waals surface area (Å²) in [5.41, 5.74) is 0. The molecule has 0 aliphatic rings. The Hall–Kier alpha value is 1.05. The van der Waals surface area contributed by atoms with Crippen LogP contribution in [0.25, 0.3) is 0 Å².